The summed E-state index contributed by atoms with van der Waals surface area (Å²) < 4.78 is 4.74. The minimum Gasteiger partial charge on any atom is -0.344 e. The Bertz CT molecular complexity index is 3370. The molecule has 0 spiro atoms. The third kappa shape index (κ3) is 5.04. The van der Waals surface area contributed by atoms with Gasteiger partial charge in [-0.1, -0.05) is 172 Å². The SMILES string of the molecule is CC1(C)c2ccccc2-c2ccc(C3=NC(n4c5ccccc5c5ccc6c7ccccc7n(-c7ccc(-c8ccccc8)cc7)c6c54)=NC(c4ccccc4)N3)cc21. The zero-order valence-corrected chi connectivity index (χ0v) is 32.8. The second-order valence-electron chi connectivity index (χ2n) is 16.3. The Morgan fingerprint density at radius 1 is 0.475 bits per heavy atom. The van der Waals surface area contributed by atoms with E-state index < -0.39 is 0 Å². The summed E-state index contributed by atoms with van der Waals surface area (Å²) in [6, 6.07) is 67.7. The normalized spacial score (nSPS) is 15.6. The van der Waals surface area contributed by atoms with Gasteiger partial charge in [-0.15, -0.1) is 0 Å². The summed E-state index contributed by atoms with van der Waals surface area (Å²) in [6.07, 6.45) is -0.357. The second kappa shape index (κ2) is 12.8. The molecule has 0 bridgehead atoms. The minimum absolute atomic E-state index is 0.141. The molecule has 1 N–H and O–H groups in total. The van der Waals surface area contributed by atoms with Gasteiger partial charge in [0, 0.05) is 38.2 Å². The van der Waals surface area contributed by atoms with E-state index in [4.69, 9.17) is 9.98 Å². The summed E-state index contributed by atoms with van der Waals surface area (Å²) in [7, 11) is 0. The first-order chi connectivity index (χ1) is 29.0. The zero-order chi connectivity index (χ0) is 39.2. The number of fused-ring (bicyclic) bond motifs is 10. The van der Waals surface area contributed by atoms with Crippen molar-refractivity contribution in [3.05, 3.63) is 210 Å². The summed E-state index contributed by atoms with van der Waals surface area (Å²) in [5.41, 5.74) is 15.1. The number of aliphatic imine (C=N–C) groups is 2. The van der Waals surface area contributed by atoms with Gasteiger partial charge in [0.15, 0.2) is 0 Å². The molecule has 10 aromatic rings. The number of nitrogens with zero attached hydrogens (tertiary/aromatic N) is 4. The van der Waals surface area contributed by atoms with Crippen LogP contribution in [-0.2, 0) is 5.41 Å². The number of amidine groups is 1. The van der Waals surface area contributed by atoms with Gasteiger partial charge in [0.05, 0.1) is 22.1 Å². The number of rotatable bonds is 4. The lowest BCUT2D eigenvalue weighted by Crippen LogP contribution is -2.35. The standard InChI is InChI=1S/C54H39N5/c1-54(2)45-22-12-9-19-39(45)40-30-27-37(33-46(40)54)52-55-51(36-17-7-4-8-18-36)56-53(57-52)59-48-24-14-11-21-42(48)44-32-31-43-41-20-10-13-23-47(41)58(49(43)50(44)59)38-28-25-35(26-29-38)34-15-5-3-6-16-34/h3-33,51H,1-2H3,(H,55,56,57). The van der Waals surface area contributed by atoms with E-state index in [1.807, 2.05) is 0 Å². The van der Waals surface area contributed by atoms with E-state index in [0.29, 0.717) is 5.96 Å². The average molecular weight is 758 g/mol. The number of nitrogens with one attached hydrogen (secondary N) is 1. The fourth-order valence-corrected chi connectivity index (χ4v) is 9.75. The topological polar surface area (TPSA) is 46.6 Å². The van der Waals surface area contributed by atoms with Crippen molar-refractivity contribution in [1.29, 1.82) is 0 Å². The van der Waals surface area contributed by atoms with E-state index in [1.54, 1.807) is 0 Å². The smallest absolute Gasteiger partial charge is 0.234 e. The fraction of sp³-hybridized carbons (Fsp3) is 0.0741. The maximum Gasteiger partial charge on any atom is 0.234 e. The van der Waals surface area contributed by atoms with Gasteiger partial charge < -0.3 is 9.88 Å². The van der Waals surface area contributed by atoms with Crippen LogP contribution in [0.3, 0.4) is 0 Å². The van der Waals surface area contributed by atoms with E-state index >= 15 is 0 Å². The van der Waals surface area contributed by atoms with Gasteiger partial charge in [0.1, 0.15) is 12.0 Å². The highest BCUT2D eigenvalue weighted by atomic mass is 15.3. The van der Waals surface area contributed by atoms with Crippen LogP contribution in [0.1, 0.15) is 42.3 Å². The Morgan fingerprint density at radius 3 is 1.76 bits per heavy atom. The summed E-state index contributed by atoms with van der Waals surface area (Å²) in [5, 5.41) is 8.47. The van der Waals surface area contributed by atoms with Crippen LogP contribution in [-0.4, -0.2) is 20.9 Å². The van der Waals surface area contributed by atoms with E-state index in [9.17, 15) is 0 Å². The molecule has 8 aromatic carbocycles. The van der Waals surface area contributed by atoms with Crippen LogP contribution in [0.5, 0.6) is 0 Å². The monoisotopic (exact) mass is 757 g/mol. The van der Waals surface area contributed by atoms with Crippen molar-refractivity contribution >= 4 is 55.4 Å². The van der Waals surface area contributed by atoms with Crippen LogP contribution in [0, 0.1) is 0 Å². The van der Waals surface area contributed by atoms with Gasteiger partial charge in [-0.25, -0.2) is 4.99 Å². The van der Waals surface area contributed by atoms with Crippen LogP contribution in [0.4, 0.5) is 0 Å². The Morgan fingerprint density at radius 2 is 1.03 bits per heavy atom. The zero-order valence-electron chi connectivity index (χ0n) is 32.8. The predicted octanol–water partition coefficient (Wildman–Crippen LogP) is 12.8. The third-order valence-electron chi connectivity index (χ3n) is 12.6. The van der Waals surface area contributed by atoms with E-state index in [0.717, 1.165) is 55.5 Å². The first-order valence-corrected chi connectivity index (χ1v) is 20.4. The van der Waals surface area contributed by atoms with Crippen LogP contribution < -0.4 is 5.32 Å². The minimum atomic E-state index is -0.357. The van der Waals surface area contributed by atoms with Gasteiger partial charge in [0.2, 0.25) is 5.96 Å². The Balaban J connectivity index is 1.13. The number of benzene rings is 8. The lowest BCUT2D eigenvalue weighted by atomic mass is 9.82. The van der Waals surface area contributed by atoms with Crippen molar-refractivity contribution in [2.45, 2.75) is 25.4 Å². The van der Waals surface area contributed by atoms with Crippen molar-refractivity contribution < 1.29 is 0 Å². The molecule has 1 aliphatic heterocycles. The van der Waals surface area contributed by atoms with Gasteiger partial charge in [0.25, 0.3) is 0 Å². The van der Waals surface area contributed by atoms with Crippen molar-refractivity contribution in [1.82, 2.24) is 14.5 Å². The number of para-hydroxylation sites is 2. The molecule has 1 unspecified atom stereocenters. The van der Waals surface area contributed by atoms with Gasteiger partial charge in [-0.05, 0) is 69.3 Å². The fourth-order valence-electron chi connectivity index (χ4n) is 9.75. The van der Waals surface area contributed by atoms with Crippen molar-refractivity contribution in [3.63, 3.8) is 0 Å². The molecule has 5 heteroatoms. The number of aromatic nitrogens is 2. The Labute approximate surface area is 342 Å². The van der Waals surface area contributed by atoms with Gasteiger partial charge in [-0.3, -0.25) is 4.57 Å². The molecular weight excluding hydrogens is 719 g/mol. The molecular formula is C54H39N5. The first-order valence-electron chi connectivity index (χ1n) is 20.4. The number of hydrogen-bond donors (Lipinski definition) is 1. The molecule has 1 atom stereocenters. The van der Waals surface area contributed by atoms with E-state index in [-0.39, 0.29) is 11.6 Å². The Kier molecular flexibility index (Phi) is 7.27. The van der Waals surface area contributed by atoms with Crippen molar-refractivity contribution in [3.8, 4) is 27.9 Å². The first kappa shape index (κ1) is 33.6. The van der Waals surface area contributed by atoms with Gasteiger partial charge >= 0.3 is 0 Å². The molecule has 12 rings (SSSR count). The highest BCUT2D eigenvalue weighted by Crippen LogP contribution is 2.49. The molecule has 5 nitrogen and oxygen atoms in total. The van der Waals surface area contributed by atoms with E-state index in [2.05, 4.69) is 216 Å². The van der Waals surface area contributed by atoms with Crippen LogP contribution in [0.15, 0.2) is 198 Å². The summed E-state index contributed by atoms with van der Waals surface area (Å²) in [4.78, 5) is 11.0. The average Bonchev–Trinajstić information content (AvgIpc) is 3.90. The molecule has 0 radical (unpaired) electrons. The van der Waals surface area contributed by atoms with E-state index in [1.165, 1.54) is 44.2 Å². The Hall–Kier alpha value is -7.50. The maximum atomic E-state index is 5.51. The molecule has 2 aliphatic rings. The maximum absolute atomic E-state index is 5.51. The number of hydrogen-bond acceptors (Lipinski definition) is 3. The quantitative estimate of drug-likeness (QED) is 0.191. The molecule has 280 valence electrons. The highest BCUT2D eigenvalue weighted by Gasteiger charge is 2.36. The second-order valence-corrected chi connectivity index (χ2v) is 16.3. The van der Waals surface area contributed by atoms with Crippen LogP contribution >= 0.6 is 0 Å². The lowest BCUT2D eigenvalue weighted by Gasteiger charge is -2.26. The van der Waals surface area contributed by atoms with Crippen LogP contribution in [0.2, 0.25) is 0 Å². The predicted molar refractivity (Wildman–Crippen MR) is 245 cm³/mol. The van der Waals surface area contributed by atoms with Crippen molar-refractivity contribution in [2.24, 2.45) is 9.98 Å². The van der Waals surface area contributed by atoms with Gasteiger partial charge in [-0.2, -0.15) is 4.99 Å². The van der Waals surface area contributed by atoms with Crippen molar-refractivity contribution in [2.75, 3.05) is 0 Å². The molecule has 1 aliphatic carbocycles. The molecule has 0 saturated heterocycles. The molecule has 0 fully saturated rings. The lowest BCUT2D eigenvalue weighted by molar-refractivity contribution is 0.658. The third-order valence-corrected chi connectivity index (χ3v) is 12.6. The molecule has 3 heterocycles. The summed E-state index contributed by atoms with van der Waals surface area (Å²) in [5.74, 6) is 1.44. The molecule has 0 saturated carbocycles. The largest absolute Gasteiger partial charge is 0.344 e. The summed E-state index contributed by atoms with van der Waals surface area (Å²) >= 11 is 0. The molecule has 2 aromatic heterocycles. The van der Waals surface area contributed by atoms with Crippen LogP contribution in [0.25, 0.3) is 71.6 Å². The summed E-state index contributed by atoms with van der Waals surface area (Å²) in [6.45, 7) is 4.66. The highest BCUT2D eigenvalue weighted by molar-refractivity contribution is 6.26. The molecule has 59 heavy (non-hydrogen) atoms. The molecule has 0 amide bonds.